The van der Waals surface area contributed by atoms with Crippen LogP contribution in [0.2, 0.25) is 0 Å². The molecule has 114 valence electrons. The van der Waals surface area contributed by atoms with Crippen LogP contribution in [-0.4, -0.2) is 36.5 Å². The van der Waals surface area contributed by atoms with Crippen LogP contribution in [0, 0.1) is 11.8 Å². The first-order chi connectivity index (χ1) is 10.1. The summed E-state index contributed by atoms with van der Waals surface area (Å²) < 4.78 is 10.7. The van der Waals surface area contributed by atoms with Crippen molar-refractivity contribution < 1.29 is 19.4 Å². The number of ether oxygens (including phenoxy) is 2. The highest BCUT2D eigenvalue weighted by Gasteiger charge is 2.22. The zero-order chi connectivity index (χ0) is 15.7. The Kier molecular flexibility index (Phi) is 7.52. The number of esters is 1. The summed E-state index contributed by atoms with van der Waals surface area (Å²) in [7, 11) is 0. The highest BCUT2D eigenvalue weighted by Crippen LogP contribution is 2.12. The molecular weight excluding hydrogens is 268 g/mol. The van der Waals surface area contributed by atoms with Crippen molar-refractivity contribution in [2.75, 3.05) is 13.2 Å². The van der Waals surface area contributed by atoms with Crippen LogP contribution in [0.4, 0.5) is 0 Å². The minimum absolute atomic E-state index is 0.0585. The van der Waals surface area contributed by atoms with Gasteiger partial charge < -0.3 is 14.6 Å². The van der Waals surface area contributed by atoms with Gasteiger partial charge in [0.25, 0.3) is 0 Å². The van der Waals surface area contributed by atoms with Gasteiger partial charge in [-0.25, -0.2) is 4.79 Å². The Morgan fingerprint density at radius 1 is 1.38 bits per heavy atom. The largest absolute Gasteiger partial charge is 0.464 e. The number of carbonyl (C=O) groups is 1. The van der Waals surface area contributed by atoms with Crippen molar-refractivity contribution in [1.82, 2.24) is 0 Å². The molecule has 4 nitrogen and oxygen atoms in total. The summed E-state index contributed by atoms with van der Waals surface area (Å²) in [6.45, 7) is 5.70. The zero-order valence-corrected chi connectivity index (χ0v) is 12.8. The van der Waals surface area contributed by atoms with Gasteiger partial charge in [0.15, 0.2) is 6.10 Å². The fraction of sp³-hybridized carbons (Fsp3) is 0.471. The van der Waals surface area contributed by atoms with Crippen molar-refractivity contribution >= 4 is 5.97 Å². The number of aliphatic hydroxyl groups is 1. The number of hydrogen-bond acceptors (Lipinski definition) is 4. The molecule has 0 saturated carbocycles. The van der Waals surface area contributed by atoms with Gasteiger partial charge in [-0.2, -0.15) is 0 Å². The first kappa shape index (κ1) is 17.2. The van der Waals surface area contributed by atoms with Crippen LogP contribution in [0.1, 0.15) is 31.9 Å². The van der Waals surface area contributed by atoms with E-state index in [1.54, 1.807) is 6.92 Å². The molecule has 1 rings (SSSR count). The molecule has 0 aliphatic heterocycles. The van der Waals surface area contributed by atoms with E-state index in [9.17, 15) is 4.79 Å². The van der Waals surface area contributed by atoms with Crippen LogP contribution in [-0.2, 0) is 20.7 Å². The molecule has 1 atom stereocenters. The lowest BCUT2D eigenvalue weighted by molar-refractivity contribution is -0.159. The van der Waals surface area contributed by atoms with Gasteiger partial charge in [-0.15, -0.1) is 0 Å². The van der Waals surface area contributed by atoms with Gasteiger partial charge in [0.1, 0.15) is 6.61 Å². The summed E-state index contributed by atoms with van der Waals surface area (Å²) in [5.74, 6) is 5.10. The molecule has 0 amide bonds. The van der Waals surface area contributed by atoms with E-state index in [1.165, 1.54) is 0 Å². The van der Waals surface area contributed by atoms with Crippen LogP contribution < -0.4 is 0 Å². The first-order valence-electron chi connectivity index (χ1n) is 7.07. The minimum atomic E-state index is -0.619. The fourth-order valence-corrected chi connectivity index (χ4v) is 1.88. The Morgan fingerprint density at radius 2 is 2.14 bits per heavy atom. The normalized spacial score (nSPS) is 11.7. The third kappa shape index (κ3) is 6.44. The minimum Gasteiger partial charge on any atom is -0.464 e. The van der Waals surface area contributed by atoms with Crippen LogP contribution in [0.25, 0.3) is 0 Å². The predicted octanol–water partition coefficient (Wildman–Crippen LogP) is 1.93. The van der Waals surface area contributed by atoms with Crippen LogP contribution in [0.3, 0.4) is 0 Å². The van der Waals surface area contributed by atoms with E-state index < -0.39 is 6.10 Å². The second-order valence-corrected chi connectivity index (χ2v) is 4.79. The Balaban J connectivity index is 2.84. The number of hydrogen-bond donors (Lipinski definition) is 1. The average molecular weight is 290 g/mol. The van der Waals surface area contributed by atoms with E-state index in [0.717, 1.165) is 11.1 Å². The third-order valence-electron chi connectivity index (χ3n) is 2.65. The summed E-state index contributed by atoms with van der Waals surface area (Å²) in [6, 6.07) is 7.53. The molecule has 21 heavy (non-hydrogen) atoms. The number of rotatable bonds is 6. The Labute approximate surface area is 126 Å². The molecule has 0 heterocycles. The molecule has 1 aromatic carbocycles. The molecule has 1 unspecified atom stereocenters. The lowest BCUT2D eigenvalue weighted by Crippen LogP contribution is -2.31. The molecule has 1 aromatic rings. The van der Waals surface area contributed by atoms with Crippen molar-refractivity contribution in [2.45, 2.75) is 39.4 Å². The average Bonchev–Trinajstić information content (AvgIpc) is 2.44. The van der Waals surface area contributed by atoms with E-state index in [1.807, 2.05) is 38.1 Å². The number of carbonyl (C=O) groups excluding carboxylic acids is 1. The van der Waals surface area contributed by atoms with Gasteiger partial charge in [-0.1, -0.05) is 24.0 Å². The van der Waals surface area contributed by atoms with E-state index in [4.69, 9.17) is 14.6 Å². The quantitative estimate of drug-likeness (QED) is 0.642. The zero-order valence-electron chi connectivity index (χ0n) is 12.8. The summed E-state index contributed by atoms with van der Waals surface area (Å²) >= 11 is 0. The van der Waals surface area contributed by atoms with Gasteiger partial charge >= 0.3 is 5.97 Å². The van der Waals surface area contributed by atoms with E-state index in [-0.39, 0.29) is 18.7 Å². The molecule has 0 radical (unpaired) electrons. The van der Waals surface area contributed by atoms with Gasteiger partial charge in [0.2, 0.25) is 0 Å². The monoisotopic (exact) mass is 290 g/mol. The van der Waals surface area contributed by atoms with Crippen molar-refractivity contribution in [3.63, 3.8) is 0 Å². The van der Waals surface area contributed by atoms with E-state index >= 15 is 0 Å². The summed E-state index contributed by atoms with van der Waals surface area (Å²) in [5, 5.41) is 8.72. The number of aliphatic hydroxyl groups excluding tert-OH is 1. The lowest BCUT2D eigenvalue weighted by atomic mass is 10.0. The van der Waals surface area contributed by atoms with Gasteiger partial charge in [-0.3, -0.25) is 0 Å². The standard InChI is InChI=1S/C17H22O4/c1-4-20-17(19)16(21-13(2)3)12-15-8-5-7-14(11-15)9-6-10-18/h5,7-8,11,13,16,18H,4,10,12H2,1-3H3. The van der Waals surface area contributed by atoms with Crippen molar-refractivity contribution in [1.29, 1.82) is 0 Å². The molecule has 1 N–H and O–H groups in total. The molecule has 0 bridgehead atoms. The van der Waals surface area contributed by atoms with Crippen molar-refractivity contribution in [2.24, 2.45) is 0 Å². The topological polar surface area (TPSA) is 55.8 Å². The summed E-state index contributed by atoms with van der Waals surface area (Å²) in [6.07, 6.45) is -0.242. The molecule has 0 spiro atoms. The maximum atomic E-state index is 11.9. The predicted molar refractivity (Wildman–Crippen MR) is 80.8 cm³/mol. The molecule has 0 saturated heterocycles. The van der Waals surface area contributed by atoms with Gasteiger partial charge in [-0.05, 0) is 38.5 Å². The van der Waals surface area contributed by atoms with Crippen LogP contribution >= 0.6 is 0 Å². The lowest BCUT2D eigenvalue weighted by Gasteiger charge is -2.19. The Hall–Kier alpha value is -1.83. The van der Waals surface area contributed by atoms with E-state index in [0.29, 0.717) is 13.0 Å². The van der Waals surface area contributed by atoms with Crippen molar-refractivity contribution in [3.8, 4) is 11.8 Å². The van der Waals surface area contributed by atoms with Crippen molar-refractivity contribution in [3.05, 3.63) is 35.4 Å². The first-order valence-corrected chi connectivity index (χ1v) is 7.07. The maximum absolute atomic E-state index is 11.9. The van der Waals surface area contributed by atoms with E-state index in [2.05, 4.69) is 11.8 Å². The third-order valence-corrected chi connectivity index (χ3v) is 2.65. The molecule has 0 fully saturated rings. The second kappa shape index (κ2) is 9.17. The number of benzene rings is 1. The van der Waals surface area contributed by atoms with Crippen LogP contribution in [0.15, 0.2) is 24.3 Å². The summed E-state index contributed by atoms with van der Waals surface area (Å²) in [5.41, 5.74) is 1.74. The van der Waals surface area contributed by atoms with Gasteiger partial charge in [0, 0.05) is 12.0 Å². The summed E-state index contributed by atoms with van der Waals surface area (Å²) in [4.78, 5) is 11.9. The molecule has 4 heteroatoms. The fourth-order valence-electron chi connectivity index (χ4n) is 1.88. The SMILES string of the molecule is CCOC(=O)C(Cc1cccc(C#CCO)c1)OC(C)C. The maximum Gasteiger partial charge on any atom is 0.335 e. The molecule has 0 aliphatic carbocycles. The highest BCUT2D eigenvalue weighted by molar-refractivity contribution is 5.75. The van der Waals surface area contributed by atoms with Gasteiger partial charge in [0.05, 0.1) is 12.7 Å². The second-order valence-electron chi connectivity index (χ2n) is 4.79. The molecule has 0 aromatic heterocycles. The van der Waals surface area contributed by atoms with Crippen LogP contribution in [0.5, 0.6) is 0 Å². The Morgan fingerprint density at radius 3 is 2.76 bits per heavy atom. The smallest absolute Gasteiger partial charge is 0.335 e. The molecule has 0 aliphatic rings. The molecular formula is C17H22O4. The highest BCUT2D eigenvalue weighted by atomic mass is 16.6. The Bertz CT molecular complexity index is 511.